The lowest BCUT2D eigenvalue weighted by molar-refractivity contribution is -0.118. The number of nitrogens with one attached hydrogen (secondary N) is 2. The van der Waals surface area contributed by atoms with Gasteiger partial charge in [-0.3, -0.25) is 4.79 Å². The van der Waals surface area contributed by atoms with Gasteiger partial charge in [0, 0.05) is 27.9 Å². The molecule has 0 saturated carbocycles. The van der Waals surface area contributed by atoms with Crippen LogP contribution in [0, 0.1) is 0 Å². The van der Waals surface area contributed by atoms with Gasteiger partial charge >= 0.3 is 5.97 Å². The maximum atomic E-state index is 11.7. The van der Waals surface area contributed by atoms with Crippen LogP contribution >= 0.6 is 23.2 Å². The van der Waals surface area contributed by atoms with Gasteiger partial charge in [0.2, 0.25) is 5.91 Å². The Morgan fingerprint density at radius 2 is 1.59 bits per heavy atom. The van der Waals surface area contributed by atoms with E-state index in [9.17, 15) is 14.7 Å². The fourth-order valence-corrected chi connectivity index (χ4v) is 4.99. The Morgan fingerprint density at radius 1 is 0.938 bits per heavy atom. The van der Waals surface area contributed by atoms with E-state index in [-0.39, 0.29) is 17.9 Å². The quantitative estimate of drug-likeness (QED) is 0.369. The SMILES string of the molecule is NC(=O)CCC(c1ccccc1)C1(c2c(Cl)cccc2Cl)Nc2ccc(C(=O)O)cc2N1. The first-order valence-electron chi connectivity index (χ1n) is 10.0. The van der Waals surface area contributed by atoms with E-state index in [1.807, 2.05) is 30.3 Å². The van der Waals surface area contributed by atoms with Gasteiger partial charge in [0.05, 0.1) is 16.9 Å². The van der Waals surface area contributed by atoms with Crippen LogP contribution < -0.4 is 16.4 Å². The Balaban J connectivity index is 1.93. The predicted molar refractivity (Wildman–Crippen MR) is 126 cm³/mol. The van der Waals surface area contributed by atoms with Crippen LogP contribution in [0.4, 0.5) is 11.4 Å². The number of halogens is 2. The summed E-state index contributed by atoms with van der Waals surface area (Å²) in [6, 6.07) is 19.7. The van der Waals surface area contributed by atoms with E-state index < -0.39 is 17.5 Å². The average molecular weight is 470 g/mol. The molecule has 0 bridgehead atoms. The minimum atomic E-state index is -1.05. The van der Waals surface area contributed by atoms with Crippen molar-refractivity contribution in [1.82, 2.24) is 0 Å². The standard InChI is InChI=1S/C24H21Cl2N3O3/c25-17-7-4-8-18(26)22(17)24(16(10-12-21(27)30)14-5-2-1-3-6-14)28-19-11-9-15(23(31)32)13-20(19)29-24/h1-9,11,13,16,28-29H,10,12H2,(H2,27,30)(H,31,32). The van der Waals surface area contributed by atoms with E-state index in [0.717, 1.165) is 5.56 Å². The van der Waals surface area contributed by atoms with Crippen molar-refractivity contribution in [3.63, 3.8) is 0 Å². The summed E-state index contributed by atoms with van der Waals surface area (Å²) < 4.78 is 0. The second-order valence-corrected chi connectivity index (χ2v) is 8.50. The molecule has 1 heterocycles. The molecule has 3 aromatic carbocycles. The Morgan fingerprint density at radius 3 is 2.22 bits per heavy atom. The van der Waals surface area contributed by atoms with Crippen LogP contribution in [-0.4, -0.2) is 17.0 Å². The van der Waals surface area contributed by atoms with Gasteiger partial charge in [0.25, 0.3) is 0 Å². The van der Waals surface area contributed by atoms with Crippen LogP contribution in [0.15, 0.2) is 66.7 Å². The number of carboxylic acids is 1. The lowest BCUT2D eigenvalue weighted by atomic mass is 9.78. The summed E-state index contributed by atoms with van der Waals surface area (Å²) in [5.41, 5.74) is 7.44. The minimum absolute atomic E-state index is 0.142. The maximum Gasteiger partial charge on any atom is 0.335 e. The minimum Gasteiger partial charge on any atom is -0.478 e. The number of benzene rings is 3. The number of aromatic carboxylic acids is 1. The maximum absolute atomic E-state index is 11.7. The molecule has 0 aliphatic carbocycles. The molecule has 0 aromatic heterocycles. The van der Waals surface area contributed by atoms with Crippen LogP contribution in [0.5, 0.6) is 0 Å². The lowest BCUT2D eigenvalue weighted by Crippen LogP contribution is -2.45. The third kappa shape index (κ3) is 3.99. The molecule has 32 heavy (non-hydrogen) atoms. The van der Waals surface area contributed by atoms with Gasteiger partial charge in [-0.25, -0.2) is 4.79 Å². The molecule has 1 aliphatic rings. The zero-order valence-corrected chi connectivity index (χ0v) is 18.5. The normalized spacial score (nSPS) is 17.7. The van der Waals surface area contributed by atoms with Gasteiger partial charge in [-0.2, -0.15) is 0 Å². The highest BCUT2D eigenvalue weighted by Gasteiger charge is 2.48. The fraction of sp³-hybridized carbons (Fsp3) is 0.167. The predicted octanol–water partition coefficient (Wildman–Crippen LogP) is 5.43. The van der Waals surface area contributed by atoms with Gasteiger partial charge in [0.1, 0.15) is 5.66 Å². The first-order valence-corrected chi connectivity index (χ1v) is 10.8. The number of anilines is 2. The number of fused-ring (bicyclic) bond motifs is 1. The third-order valence-electron chi connectivity index (χ3n) is 5.69. The second-order valence-electron chi connectivity index (χ2n) is 7.69. The van der Waals surface area contributed by atoms with Crippen LogP contribution in [0.2, 0.25) is 10.0 Å². The third-order valence-corrected chi connectivity index (χ3v) is 6.32. The van der Waals surface area contributed by atoms with Crippen LogP contribution in [-0.2, 0) is 10.5 Å². The molecule has 8 heteroatoms. The number of carbonyl (C=O) groups excluding carboxylic acids is 1. The number of rotatable bonds is 7. The van der Waals surface area contributed by atoms with E-state index >= 15 is 0 Å². The topological polar surface area (TPSA) is 104 Å². The molecule has 6 nitrogen and oxygen atoms in total. The first kappa shape index (κ1) is 22.0. The van der Waals surface area contributed by atoms with Crippen molar-refractivity contribution >= 4 is 46.5 Å². The molecule has 0 spiro atoms. The van der Waals surface area contributed by atoms with E-state index in [1.54, 1.807) is 30.3 Å². The molecule has 2 atom stereocenters. The van der Waals surface area contributed by atoms with Gasteiger partial charge in [-0.05, 0) is 42.3 Å². The summed E-state index contributed by atoms with van der Waals surface area (Å²) in [5.74, 6) is -1.78. The second kappa shape index (κ2) is 8.73. The Labute approximate surface area is 195 Å². The monoisotopic (exact) mass is 469 g/mol. The summed E-state index contributed by atoms with van der Waals surface area (Å²) in [5, 5.41) is 17.3. The Hall–Kier alpha value is -3.22. The van der Waals surface area contributed by atoms with Gasteiger partial charge in [0.15, 0.2) is 0 Å². The number of carboxylic acid groups (broad SMARTS) is 1. The van der Waals surface area contributed by atoms with E-state index in [1.165, 1.54) is 6.07 Å². The van der Waals surface area contributed by atoms with Gasteiger partial charge in [-0.15, -0.1) is 0 Å². The molecule has 5 N–H and O–H groups in total. The van der Waals surface area contributed by atoms with Gasteiger partial charge < -0.3 is 21.5 Å². The van der Waals surface area contributed by atoms with E-state index in [0.29, 0.717) is 33.4 Å². The molecule has 2 unspecified atom stereocenters. The molecule has 0 saturated heterocycles. The zero-order valence-electron chi connectivity index (χ0n) is 16.9. The number of hydrogen-bond acceptors (Lipinski definition) is 4. The summed E-state index contributed by atoms with van der Waals surface area (Å²) in [7, 11) is 0. The van der Waals surface area contributed by atoms with Crippen molar-refractivity contribution in [2.75, 3.05) is 10.6 Å². The van der Waals surface area contributed by atoms with Crippen molar-refractivity contribution in [2.24, 2.45) is 5.73 Å². The Bertz CT molecular complexity index is 1170. The van der Waals surface area contributed by atoms with E-state index in [4.69, 9.17) is 28.9 Å². The molecule has 164 valence electrons. The zero-order chi connectivity index (χ0) is 22.9. The summed E-state index contributed by atoms with van der Waals surface area (Å²) in [6.45, 7) is 0. The summed E-state index contributed by atoms with van der Waals surface area (Å²) in [4.78, 5) is 23.3. The van der Waals surface area contributed by atoms with Crippen molar-refractivity contribution in [3.05, 3.63) is 93.5 Å². The Kier molecular flexibility index (Phi) is 6.00. The van der Waals surface area contributed by atoms with Crippen LogP contribution in [0.1, 0.15) is 40.2 Å². The highest BCUT2D eigenvalue weighted by atomic mass is 35.5. The molecule has 1 amide bonds. The highest BCUT2D eigenvalue weighted by molar-refractivity contribution is 6.36. The molecule has 0 fully saturated rings. The van der Waals surface area contributed by atoms with Crippen LogP contribution in [0.3, 0.4) is 0 Å². The largest absolute Gasteiger partial charge is 0.478 e. The fourth-order valence-electron chi connectivity index (χ4n) is 4.30. The van der Waals surface area contributed by atoms with E-state index in [2.05, 4.69) is 10.6 Å². The highest BCUT2D eigenvalue weighted by Crippen LogP contribution is 2.52. The smallest absolute Gasteiger partial charge is 0.335 e. The number of nitrogens with two attached hydrogens (primary N) is 1. The molecule has 3 aromatic rings. The molecular weight excluding hydrogens is 449 g/mol. The molecule has 1 aliphatic heterocycles. The van der Waals surface area contributed by atoms with Crippen molar-refractivity contribution in [2.45, 2.75) is 24.4 Å². The molecule has 0 radical (unpaired) electrons. The first-order chi connectivity index (χ1) is 15.3. The number of primary amides is 1. The summed E-state index contributed by atoms with van der Waals surface area (Å²) in [6.07, 6.45) is 0.546. The molecule has 4 rings (SSSR count). The van der Waals surface area contributed by atoms with Crippen molar-refractivity contribution in [3.8, 4) is 0 Å². The number of amides is 1. The lowest BCUT2D eigenvalue weighted by Gasteiger charge is -2.40. The van der Waals surface area contributed by atoms with Gasteiger partial charge in [-0.1, -0.05) is 59.6 Å². The van der Waals surface area contributed by atoms with Crippen molar-refractivity contribution in [1.29, 1.82) is 0 Å². The summed E-state index contributed by atoms with van der Waals surface area (Å²) >= 11 is 13.3. The number of carbonyl (C=O) groups is 2. The van der Waals surface area contributed by atoms with Crippen LogP contribution in [0.25, 0.3) is 0 Å². The average Bonchev–Trinajstić information content (AvgIpc) is 3.13. The number of hydrogen-bond donors (Lipinski definition) is 4. The molecular formula is C24H21Cl2N3O3. The van der Waals surface area contributed by atoms with Crippen molar-refractivity contribution < 1.29 is 14.7 Å².